The van der Waals surface area contributed by atoms with E-state index in [2.05, 4.69) is 4.90 Å². The molecule has 0 radical (unpaired) electrons. The Morgan fingerprint density at radius 3 is 2.55 bits per heavy atom. The van der Waals surface area contributed by atoms with Crippen LogP contribution in [-0.2, 0) is 6.54 Å². The molecule has 3 nitrogen and oxygen atoms in total. The Bertz CT molecular complexity index is 468. The third-order valence-electron chi connectivity index (χ3n) is 4.17. The summed E-state index contributed by atoms with van der Waals surface area (Å²) in [6.45, 7) is 0.562. The van der Waals surface area contributed by atoms with Crippen LogP contribution in [0.5, 0.6) is 0 Å². The van der Waals surface area contributed by atoms with Gasteiger partial charge in [0.2, 0.25) is 0 Å². The zero-order chi connectivity index (χ0) is 14.5. The van der Waals surface area contributed by atoms with E-state index in [1.54, 1.807) is 6.07 Å². The molecule has 20 heavy (non-hydrogen) atoms. The summed E-state index contributed by atoms with van der Waals surface area (Å²) in [7, 11) is 2.03. The van der Waals surface area contributed by atoms with Crippen molar-refractivity contribution in [1.82, 2.24) is 4.90 Å². The predicted octanol–water partition coefficient (Wildman–Crippen LogP) is 3.68. The van der Waals surface area contributed by atoms with Crippen molar-refractivity contribution in [3.05, 3.63) is 35.1 Å². The standard InChI is InChI=1S/C16H22FNO2/c1-18(14-6-4-2-3-5-7-14)11-12-8-9-13(17)10-15(12)16(19)20/h8-10,14H,2-7,11H2,1H3,(H,19,20). The van der Waals surface area contributed by atoms with Crippen molar-refractivity contribution in [2.24, 2.45) is 0 Å². The minimum Gasteiger partial charge on any atom is -0.478 e. The molecule has 0 atom stereocenters. The smallest absolute Gasteiger partial charge is 0.336 e. The predicted molar refractivity (Wildman–Crippen MR) is 76.3 cm³/mol. The molecule has 0 aromatic heterocycles. The van der Waals surface area contributed by atoms with E-state index in [1.165, 1.54) is 44.6 Å². The number of benzene rings is 1. The van der Waals surface area contributed by atoms with Crippen LogP contribution in [-0.4, -0.2) is 29.1 Å². The van der Waals surface area contributed by atoms with Gasteiger partial charge in [-0.05, 0) is 37.6 Å². The van der Waals surface area contributed by atoms with Crippen molar-refractivity contribution >= 4 is 5.97 Å². The van der Waals surface area contributed by atoms with Gasteiger partial charge < -0.3 is 5.11 Å². The molecule has 1 saturated carbocycles. The van der Waals surface area contributed by atoms with Gasteiger partial charge in [0.1, 0.15) is 5.82 Å². The number of hydrogen-bond acceptors (Lipinski definition) is 2. The summed E-state index contributed by atoms with van der Waals surface area (Å²) in [5.74, 6) is -1.56. The van der Waals surface area contributed by atoms with E-state index in [0.29, 0.717) is 18.2 Å². The zero-order valence-corrected chi connectivity index (χ0v) is 11.9. The van der Waals surface area contributed by atoms with Crippen molar-refractivity contribution in [3.8, 4) is 0 Å². The topological polar surface area (TPSA) is 40.5 Å². The van der Waals surface area contributed by atoms with E-state index in [-0.39, 0.29) is 5.56 Å². The van der Waals surface area contributed by atoms with Crippen LogP contribution in [0.4, 0.5) is 4.39 Å². The minimum absolute atomic E-state index is 0.0745. The Morgan fingerprint density at radius 2 is 1.95 bits per heavy atom. The molecule has 0 spiro atoms. The molecule has 0 saturated heterocycles. The van der Waals surface area contributed by atoms with E-state index in [9.17, 15) is 14.3 Å². The molecule has 0 heterocycles. The molecule has 0 amide bonds. The first kappa shape index (κ1) is 15.0. The van der Waals surface area contributed by atoms with Gasteiger partial charge in [-0.2, -0.15) is 0 Å². The molecule has 110 valence electrons. The highest BCUT2D eigenvalue weighted by Gasteiger charge is 2.19. The second-order valence-electron chi connectivity index (χ2n) is 5.67. The number of aromatic carboxylic acids is 1. The Labute approximate surface area is 119 Å². The first-order valence-corrected chi connectivity index (χ1v) is 7.30. The molecule has 2 rings (SSSR count). The fourth-order valence-electron chi connectivity index (χ4n) is 2.98. The van der Waals surface area contributed by atoms with Gasteiger partial charge in [0.05, 0.1) is 5.56 Å². The van der Waals surface area contributed by atoms with Gasteiger partial charge in [-0.3, -0.25) is 4.90 Å². The van der Waals surface area contributed by atoms with Crippen LogP contribution in [0.2, 0.25) is 0 Å². The second kappa shape index (κ2) is 6.84. The normalized spacial score (nSPS) is 17.1. The molecular weight excluding hydrogens is 257 g/mol. The maximum Gasteiger partial charge on any atom is 0.336 e. The Kier molecular flexibility index (Phi) is 5.12. The highest BCUT2D eigenvalue weighted by molar-refractivity contribution is 5.89. The fourth-order valence-corrected chi connectivity index (χ4v) is 2.98. The van der Waals surface area contributed by atoms with Crippen LogP contribution in [0.25, 0.3) is 0 Å². The number of rotatable bonds is 4. The monoisotopic (exact) mass is 279 g/mol. The van der Waals surface area contributed by atoms with Crippen LogP contribution >= 0.6 is 0 Å². The van der Waals surface area contributed by atoms with Crippen LogP contribution in [0.1, 0.15) is 54.4 Å². The Hall–Kier alpha value is -1.42. The number of nitrogens with zero attached hydrogens (tertiary/aromatic N) is 1. The molecule has 1 fully saturated rings. The van der Waals surface area contributed by atoms with Crippen molar-refractivity contribution in [1.29, 1.82) is 0 Å². The van der Waals surface area contributed by atoms with Crippen molar-refractivity contribution < 1.29 is 14.3 Å². The molecule has 1 N–H and O–H groups in total. The van der Waals surface area contributed by atoms with Gasteiger partial charge in [0, 0.05) is 12.6 Å². The summed E-state index contributed by atoms with van der Waals surface area (Å²) in [4.78, 5) is 13.4. The van der Waals surface area contributed by atoms with Crippen LogP contribution < -0.4 is 0 Å². The van der Waals surface area contributed by atoms with E-state index < -0.39 is 11.8 Å². The lowest BCUT2D eigenvalue weighted by atomic mass is 10.0. The molecule has 0 bridgehead atoms. The maximum atomic E-state index is 13.2. The van der Waals surface area contributed by atoms with Gasteiger partial charge in [-0.15, -0.1) is 0 Å². The molecule has 0 aliphatic heterocycles. The van der Waals surface area contributed by atoms with E-state index in [1.807, 2.05) is 7.05 Å². The van der Waals surface area contributed by atoms with Gasteiger partial charge in [0.15, 0.2) is 0 Å². The number of hydrogen-bond donors (Lipinski definition) is 1. The third-order valence-corrected chi connectivity index (χ3v) is 4.17. The summed E-state index contributed by atoms with van der Waals surface area (Å²) < 4.78 is 13.2. The third kappa shape index (κ3) is 3.79. The highest BCUT2D eigenvalue weighted by atomic mass is 19.1. The highest BCUT2D eigenvalue weighted by Crippen LogP contribution is 2.23. The van der Waals surface area contributed by atoms with E-state index in [0.717, 1.165) is 6.07 Å². The molecule has 1 aromatic carbocycles. The van der Waals surface area contributed by atoms with Crippen molar-refractivity contribution in [2.45, 2.75) is 51.1 Å². The van der Waals surface area contributed by atoms with Crippen molar-refractivity contribution in [2.75, 3.05) is 7.05 Å². The first-order valence-electron chi connectivity index (χ1n) is 7.30. The van der Waals surface area contributed by atoms with Gasteiger partial charge in [-0.25, -0.2) is 9.18 Å². The lowest BCUT2D eigenvalue weighted by molar-refractivity contribution is 0.0693. The molecule has 0 unspecified atom stereocenters. The van der Waals surface area contributed by atoms with Gasteiger partial charge in [0.25, 0.3) is 0 Å². The largest absolute Gasteiger partial charge is 0.478 e. The summed E-state index contributed by atoms with van der Waals surface area (Å²) in [6, 6.07) is 4.54. The minimum atomic E-state index is -1.06. The maximum absolute atomic E-state index is 13.2. The number of carboxylic acids is 1. The number of carboxylic acid groups (broad SMARTS) is 1. The summed E-state index contributed by atoms with van der Waals surface area (Å²) >= 11 is 0. The van der Waals surface area contributed by atoms with Crippen LogP contribution in [0.3, 0.4) is 0 Å². The van der Waals surface area contributed by atoms with Gasteiger partial charge >= 0.3 is 5.97 Å². The van der Waals surface area contributed by atoms with Crippen molar-refractivity contribution in [3.63, 3.8) is 0 Å². The fraction of sp³-hybridized carbons (Fsp3) is 0.562. The first-order chi connectivity index (χ1) is 9.58. The van der Waals surface area contributed by atoms with Gasteiger partial charge in [-0.1, -0.05) is 31.7 Å². The van der Waals surface area contributed by atoms with Crippen LogP contribution in [0.15, 0.2) is 18.2 Å². The average molecular weight is 279 g/mol. The summed E-state index contributed by atoms with van der Waals surface area (Å²) in [6.07, 6.45) is 7.40. The Morgan fingerprint density at radius 1 is 1.30 bits per heavy atom. The van der Waals surface area contributed by atoms with Crippen LogP contribution in [0, 0.1) is 5.82 Å². The molecule has 1 aromatic rings. The SMILES string of the molecule is CN(Cc1ccc(F)cc1C(=O)O)C1CCCCCC1. The van der Waals surface area contributed by atoms with E-state index in [4.69, 9.17) is 0 Å². The molecular formula is C16H22FNO2. The second-order valence-corrected chi connectivity index (χ2v) is 5.67. The number of carbonyl (C=O) groups is 1. The lowest BCUT2D eigenvalue weighted by Crippen LogP contribution is -2.31. The quantitative estimate of drug-likeness (QED) is 0.855. The summed E-state index contributed by atoms with van der Waals surface area (Å²) in [5, 5.41) is 9.17. The zero-order valence-electron chi connectivity index (χ0n) is 11.9. The lowest BCUT2D eigenvalue weighted by Gasteiger charge is -2.27. The van der Waals surface area contributed by atoms with E-state index >= 15 is 0 Å². The Balaban J connectivity index is 2.10. The average Bonchev–Trinajstić information content (AvgIpc) is 2.69. The molecule has 1 aliphatic rings. The molecule has 4 heteroatoms. The molecule has 1 aliphatic carbocycles. The number of halogens is 1. The summed E-state index contributed by atoms with van der Waals surface area (Å²) in [5.41, 5.74) is 0.760.